The first-order valence-corrected chi connectivity index (χ1v) is 5.87. The van der Waals surface area contributed by atoms with Gasteiger partial charge < -0.3 is 10.1 Å². The number of carbonyl (C=O) groups excluding carboxylic acids is 1. The summed E-state index contributed by atoms with van der Waals surface area (Å²) in [6, 6.07) is 9.03. The fraction of sp³-hybridized carbons (Fsp3) is 0.214. The predicted octanol–water partition coefficient (Wildman–Crippen LogP) is 2.35. The second-order valence-corrected chi connectivity index (χ2v) is 4.18. The fourth-order valence-corrected chi connectivity index (χ4v) is 1.74. The van der Waals surface area contributed by atoms with Gasteiger partial charge in [-0.15, -0.1) is 10.2 Å². The highest BCUT2D eigenvalue weighted by molar-refractivity contribution is 6.03. The van der Waals surface area contributed by atoms with Gasteiger partial charge in [0.15, 0.2) is 5.69 Å². The smallest absolute Gasteiger partial charge is 0.276 e. The van der Waals surface area contributed by atoms with Crippen molar-refractivity contribution in [2.75, 3.05) is 12.4 Å². The van der Waals surface area contributed by atoms with Crippen LogP contribution in [-0.4, -0.2) is 23.2 Å². The van der Waals surface area contributed by atoms with E-state index in [9.17, 15) is 4.79 Å². The molecular weight excluding hydrogens is 242 g/mol. The van der Waals surface area contributed by atoms with Crippen LogP contribution >= 0.6 is 0 Å². The molecule has 2 aromatic rings. The Morgan fingerprint density at radius 3 is 2.32 bits per heavy atom. The molecule has 0 unspecified atom stereocenters. The van der Waals surface area contributed by atoms with E-state index in [1.807, 2.05) is 32.0 Å². The molecule has 0 bridgehead atoms. The van der Waals surface area contributed by atoms with Crippen molar-refractivity contribution in [2.45, 2.75) is 13.8 Å². The summed E-state index contributed by atoms with van der Waals surface area (Å²) in [6.45, 7) is 3.89. The number of hydrogen-bond donors (Lipinski definition) is 1. The zero-order valence-corrected chi connectivity index (χ0v) is 11.1. The van der Waals surface area contributed by atoms with Crippen molar-refractivity contribution < 1.29 is 9.53 Å². The molecule has 0 saturated heterocycles. The second-order valence-electron chi connectivity index (χ2n) is 4.18. The maximum atomic E-state index is 12.1. The van der Waals surface area contributed by atoms with E-state index in [1.165, 1.54) is 7.11 Å². The van der Waals surface area contributed by atoms with Gasteiger partial charge in [-0.05, 0) is 31.0 Å². The molecule has 1 amide bonds. The van der Waals surface area contributed by atoms with Gasteiger partial charge in [0.2, 0.25) is 5.88 Å². The number of rotatable bonds is 3. The maximum Gasteiger partial charge on any atom is 0.276 e. The maximum absolute atomic E-state index is 12.1. The number of aromatic nitrogens is 2. The normalized spacial score (nSPS) is 10.1. The van der Waals surface area contributed by atoms with Gasteiger partial charge in [-0.25, -0.2) is 0 Å². The van der Waals surface area contributed by atoms with E-state index < -0.39 is 0 Å². The minimum absolute atomic E-state index is 0.253. The van der Waals surface area contributed by atoms with Crippen LogP contribution in [0.1, 0.15) is 21.6 Å². The monoisotopic (exact) mass is 257 g/mol. The molecule has 1 N–H and O–H groups in total. The molecular formula is C14H15N3O2. The third-order valence-corrected chi connectivity index (χ3v) is 2.80. The Labute approximate surface area is 111 Å². The van der Waals surface area contributed by atoms with Crippen LogP contribution in [0.4, 0.5) is 5.69 Å². The Morgan fingerprint density at radius 1 is 1.11 bits per heavy atom. The number of aryl methyl sites for hydroxylation is 2. The van der Waals surface area contributed by atoms with Crippen molar-refractivity contribution in [3.05, 3.63) is 47.2 Å². The number of para-hydroxylation sites is 1. The SMILES string of the molecule is COc1ccc(C(=O)Nc2c(C)cccc2C)nn1. The molecule has 5 nitrogen and oxygen atoms in total. The molecule has 98 valence electrons. The number of amides is 1. The van der Waals surface area contributed by atoms with E-state index in [4.69, 9.17) is 4.74 Å². The molecule has 0 aliphatic rings. The van der Waals surface area contributed by atoms with Crippen LogP contribution in [0.15, 0.2) is 30.3 Å². The Kier molecular flexibility index (Phi) is 3.75. The van der Waals surface area contributed by atoms with Crippen molar-refractivity contribution >= 4 is 11.6 Å². The summed E-state index contributed by atoms with van der Waals surface area (Å²) in [4.78, 5) is 12.1. The van der Waals surface area contributed by atoms with Crippen LogP contribution in [0.5, 0.6) is 5.88 Å². The highest BCUT2D eigenvalue weighted by Crippen LogP contribution is 2.20. The standard InChI is InChI=1S/C14H15N3O2/c1-9-5-4-6-10(2)13(9)15-14(18)11-7-8-12(19-3)17-16-11/h4-8H,1-3H3,(H,15,18). The van der Waals surface area contributed by atoms with E-state index in [0.29, 0.717) is 5.88 Å². The zero-order chi connectivity index (χ0) is 13.8. The summed E-state index contributed by atoms with van der Waals surface area (Å²) in [5.74, 6) is 0.0937. The summed E-state index contributed by atoms with van der Waals surface area (Å²) in [5, 5.41) is 10.4. The van der Waals surface area contributed by atoms with E-state index in [1.54, 1.807) is 12.1 Å². The number of hydrogen-bond acceptors (Lipinski definition) is 4. The Bertz CT molecular complexity index is 574. The third-order valence-electron chi connectivity index (χ3n) is 2.80. The predicted molar refractivity (Wildman–Crippen MR) is 72.5 cm³/mol. The summed E-state index contributed by atoms with van der Waals surface area (Å²) in [6.07, 6.45) is 0. The number of nitrogens with zero attached hydrogens (tertiary/aromatic N) is 2. The fourth-order valence-electron chi connectivity index (χ4n) is 1.74. The molecule has 1 aromatic heterocycles. The van der Waals surface area contributed by atoms with Gasteiger partial charge in [0.05, 0.1) is 7.11 Å². The lowest BCUT2D eigenvalue weighted by molar-refractivity contribution is 0.102. The van der Waals surface area contributed by atoms with E-state index in [0.717, 1.165) is 16.8 Å². The van der Waals surface area contributed by atoms with Crippen molar-refractivity contribution in [2.24, 2.45) is 0 Å². The quantitative estimate of drug-likeness (QED) is 0.916. The van der Waals surface area contributed by atoms with Gasteiger partial charge >= 0.3 is 0 Å². The molecule has 0 radical (unpaired) electrons. The first-order chi connectivity index (χ1) is 9.11. The van der Waals surface area contributed by atoms with Crippen LogP contribution in [0.3, 0.4) is 0 Å². The van der Waals surface area contributed by atoms with Crippen molar-refractivity contribution in [1.29, 1.82) is 0 Å². The number of nitrogens with one attached hydrogen (secondary N) is 1. The number of anilines is 1. The first kappa shape index (κ1) is 13.0. The number of methoxy groups -OCH3 is 1. The number of benzene rings is 1. The van der Waals surface area contributed by atoms with E-state index >= 15 is 0 Å². The van der Waals surface area contributed by atoms with E-state index in [2.05, 4.69) is 15.5 Å². The lowest BCUT2D eigenvalue weighted by atomic mass is 10.1. The highest BCUT2D eigenvalue weighted by atomic mass is 16.5. The molecule has 0 atom stereocenters. The molecule has 5 heteroatoms. The number of carbonyl (C=O) groups is 1. The van der Waals surface area contributed by atoms with Crippen molar-refractivity contribution in [3.8, 4) is 5.88 Å². The minimum Gasteiger partial charge on any atom is -0.480 e. The summed E-state index contributed by atoms with van der Waals surface area (Å²) in [5.41, 5.74) is 3.08. The average Bonchev–Trinajstić information content (AvgIpc) is 2.43. The Morgan fingerprint density at radius 2 is 1.79 bits per heavy atom. The minimum atomic E-state index is -0.285. The van der Waals surface area contributed by atoms with Crippen LogP contribution in [0, 0.1) is 13.8 Å². The molecule has 0 aliphatic carbocycles. The number of ether oxygens (including phenoxy) is 1. The van der Waals surface area contributed by atoms with Crippen LogP contribution in [-0.2, 0) is 0 Å². The lowest BCUT2D eigenvalue weighted by Crippen LogP contribution is -2.15. The lowest BCUT2D eigenvalue weighted by Gasteiger charge is -2.10. The Hall–Kier alpha value is -2.43. The molecule has 0 saturated carbocycles. The van der Waals surface area contributed by atoms with E-state index in [-0.39, 0.29) is 11.6 Å². The first-order valence-electron chi connectivity index (χ1n) is 5.87. The second kappa shape index (κ2) is 5.48. The van der Waals surface area contributed by atoms with Gasteiger partial charge in [0.25, 0.3) is 5.91 Å². The molecule has 0 fully saturated rings. The summed E-state index contributed by atoms with van der Waals surface area (Å²) in [7, 11) is 1.50. The third kappa shape index (κ3) is 2.88. The molecule has 0 spiro atoms. The molecule has 1 heterocycles. The van der Waals surface area contributed by atoms with Gasteiger partial charge in [-0.3, -0.25) is 4.79 Å². The molecule has 19 heavy (non-hydrogen) atoms. The molecule has 2 rings (SSSR count). The van der Waals surface area contributed by atoms with Gasteiger partial charge in [0.1, 0.15) is 0 Å². The van der Waals surface area contributed by atoms with Gasteiger partial charge in [0, 0.05) is 11.8 Å². The highest BCUT2D eigenvalue weighted by Gasteiger charge is 2.11. The van der Waals surface area contributed by atoms with Crippen LogP contribution in [0.2, 0.25) is 0 Å². The van der Waals surface area contributed by atoms with Gasteiger partial charge in [-0.1, -0.05) is 18.2 Å². The van der Waals surface area contributed by atoms with Crippen LogP contribution in [0.25, 0.3) is 0 Å². The average molecular weight is 257 g/mol. The largest absolute Gasteiger partial charge is 0.480 e. The van der Waals surface area contributed by atoms with Gasteiger partial charge in [-0.2, -0.15) is 0 Å². The van der Waals surface area contributed by atoms with Crippen molar-refractivity contribution in [3.63, 3.8) is 0 Å². The van der Waals surface area contributed by atoms with Crippen molar-refractivity contribution in [1.82, 2.24) is 10.2 Å². The zero-order valence-electron chi connectivity index (χ0n) is 11.1. The molecule has 0 aliphatic heterocycles. The molecule has 1 aromatic carbocycles. The summed E-state index contributed by atoms with van der Waals surface area (Å²) < 4.78 is 4.90. The summed E-state index contributed by atoms with van der Waals surface area (Å²) >= 11 is 0. The van der Waals surface area contributed by atoms with Crippen LogP contribution < -0.4 is 10.1 Å². The topological polar surface area (TPSA) is 64.1 Å². The Balaban J connectivity index is 2.20.